The highest BCUT2D eigenvalue weighted by Gasteiger charge is 2.40. The van der Waals surface area contributed by atoms with Crippen molar-refractivity contribution < 1.29 is 9.84 Å². The molecule has 0 amide bonds. The molecule has 1 atom stereocenters. The number of aliphatic hydroxyl groups is 1. The Morgan fingerprint density at radius 3 is 2.82 bits per heavy atom. The van der Waals surface area contributed by atoms with E-state index in [0.717, 1.165) is 50.7 Å². The zero-order valence-corrected chi connectivity index (χ0v) is 13.5. The summed E-state index contributed by atoms with van der Waals surface area (Å²) in [6, 6.07) is 2.22. The van der Waals surface area contributed by atoms with Gasteiger partial charge in [0.1, 0.15) is 23.6 Å². The summed E-state index contributed by atoms with van der Waals surface area (Å²) in [7, 11) is 0. The highest BCUT2D eigenvalue weighted by atomic mass is 16.5. The van der Waals surface area contributed by atoms with Gasteiger partial charge in [-0.2, -0.15) is 0 Å². The maximum Gasteiger partial charge on any atom is 0.134 e. The van der Waals surface area contributed by atoms with Crippen LogP contribution in [0.4, 0.5) is 11.6 Å². The molecule has 2 saturated heterocycles. The molecule has 1 aromatic rings. The summed E-state index contributed by atoms with van der Waals surface area (Å²) in [5, 5.41) is 9.57. The summed E-state index contributed by atoms with van der Waals surface area (Å²) < 4.78 is 5.77. The van der Waals surface area contributed by atoms with Crippen LogP contribution >= 0.6 is 0 Å². The van der Waals surface area contributed by atoms with Gasteiger partial charge >= 0.3 is 0 Å². The third-order valence-electron chi connectivity index (χ3n) is 4.64. The fraction of sp³-hybridized carbons (Fsp3) is 0.750. The number of nitrogens with zero attached hydrogens (tertiary/aromatic N) is 4. The molecule has 0 spiro atoms. The fourth-order valence-electron chi connectivity index (χ4n) is 3.52. The number of aromatic nitrogens is 2. The van der Waals surface area contributed by atoms with Crippen molar-refractivity contribution >= 4 is 11.6 Å². The first kappa shape index (κ1) is 15.5. The van der Waals surface area contributed by atoms with Crippen LogP contribution in [0.3, 0.4) is 0 Å². The normalized spacial score (nSPS) is 24.2. The Kier molecular flexibility index (Phi) is 4.49. The molecule has 6 heteroatoms. The molecule has 2 aliphatic heterocycles. The summed E-state index contributed by atoms with van der Waals surface area (Å²) in [5.74, 6) is 1.87. The van der Waals surface area contributed by atoms with Crippen molar-refractivity contribution in [1.29, 1.82) is 0 Å². The number of anilines is 2. The molecule has 0 aromatic carbocycles. The Bertz CT molecular complexity index is 505. The highest BCUT2D eigenvalue weighted by molar-refractivity contribution is 5.53. The van der Waals surface area contributed by atoms with E-state index < -0.39 is 0 Å². The van der Waals surface area contributed by atoms with Crippen molar-refractivity contribution in [3.63, 3.8) is 0 Å². The van der Waals surface area contributed by atoms with E-state index in [9.17, 15) is 5.11 Å². The van der Waals surface area contributed by atoms with E-state index in [2.05, 4.69) is 26.7 Å². The van der Waals surface area contributed by atoms with Crippen molar-refractivity contribution in [2.24, 2.45) is 0 Å². The van der Waals surface area contributed by atoms with Gasteiger partial charge in [-0.15, -0.1) is 0 Å². The van der Waals surface area contributed by atoms with E-state index in [1.807, 2.05) is 13.0 Å². The van der Waals surface area contributed by atoms with E-state index in [1.165, 1.54) is 6.42 Å². The highest BCUT2D eigenvalue weighted by Crippen LogP contribution is 2.31. The lowest BCUT2D eigenvalue weighted by Gasteiger charge is -2.48. The van der Waals surface area contributed by atoms with Gasteiger partial charge < -0.3 is 19.6 Å². The minimum atomic E-state index is -0.0569. The van der Waals surface area contributed by atoms with Crippen molar-refractivity contribution in [1.82, 2.24) is 9.97 Å². The maximum atomic E-state index is 9.57. The Morgan fingerprint density at radius 1 is 1.32 bits per heavy atom. The molecule has 3 heterocycles. The van der Waals surface area contributed by atoms with Crippen molar-refractivity contribution in [2.45, 2.75) is 44.8 Å². The van der Waals surface area contributed by atoms with E-state index >= 15 is 0 Å². The van der Waals surface area contributed by atoms with Gasteiger partial charge in [-0.25, -0.2) is 9.97 Å². The first-order chi connectivity index (χ1) is 10.6. The molecular formula is C16H26N4O2. The van der Waals surface area contributed by atoms with Crippen LogP contribution in [0.1, 0.15) is 33.1 Å². The molecule has 0 aliphatic carbocycles. The molecule has 0 bridgehead atoms. The molecule has 2 fully saturated rings. The van der Waals surface area contributed by atoms with E-state index in [4.69, 9.17) is 4.74 Å². The third kappa shape index (κ3) is 3.03. The summed E-state index contributed by atoms with van der Waals surface area (Å²) in [5.41, 5.74) is -0.0569. The lowest BCUT2D eigenvalue weighted by Crippen LogP contribution is -2.62. The second kappa shape index (κ2) is 6.38. The maximum absolute atomic E-state index is 9.57. The fourth-order valence-corrected chi connectivity index (χ4v) is 3.52. The standard InChI is InChI=1S/C16H26N4O2/c1-3-22-16(2)10-19(11-16)14-8-15(18-12-17-14)20-7-5-4-6-13(20)9-21/h8,12-13,21H,3-7,9-11H2,1-2H3. The number of ether oxygens (including phenoxy) is 1. The molecule has 3 rings (SSSR count). The predicted molar refractivity (Wildman–Crippen MR) is 86.3 cm³/mol. The first-order valence-electron chi connectivity index (χ1n) is 8.23. The monoisotopic (exact) mass is 306 g/mol. The van der Waals surface area contributed by atoms with Gasteiger partial charge in [-0.3, -0.25) is 0 Å². The van der Waals surface area contributed by atoms with Crippen LogP contribution < -0.4 is 9.80 Å². The van der Waals surface area contributed by atoms with Crippen LogP contribution in [0.5, 0.6) is 0 Å². The summed E-state index contributed by atoms with van der Waals surface area (Å²) in [4.78, 5) is 13.3. The van der Waals surface area contributed by atoms with Gasteiger partial charge in [0.2, 0.25) is 0 Å². The third-order valence-corrected chi connectivity index (χ3v) is 4.64. The molecule has 1 aromatic heterocycles. The molecule has 6 nitrogen and oxygen atoms in total. The average molecular weight is 306 g/mol. The average Bonchev–Trinajstić information content (AvgIpc) is 2.53. The molecular weight excluding hydrogens is 280 g/mol. The topological polar surface area (TPSA) is 61.7 Å². The number of piperidine rings is 1. The minimum Gasteiger partial charge on any atom is -0.394 e. The van der Waals surface area contributed by atoms with Crippen LogP contribution in [-0.2, 0) is 4.74 Å². The van der Waals surface area contributed by atoms with E-state index in [0.29, 0.717) is 0 Å². The zero-order valence-electron chi connectivity index (χ0n) is 13.5. The van der Waals surface area contributed by atoms with Gasteiger partial charge in [-0.1, -0.05) is 0 Å². The molecule has 22 heavy (non-hydrogen) atoms. The molecule has 122 valence electrons. The number of hydrogen-bond acceptors (Lipinski definition) is 6. The Hall–Kier alpha value is -1.40. The zero-order chi connectivity index (χ0) is 15.6. The lowest BCUT2D eigenvalue weighted by molar-refractivity contribution is -0.0448. The minimum absolute atomic E-state index is 0.0569. The number of rotatable bonds is 5. The molecule has 1 unspecified atom stereocenters. The predicted octanol–water partition coefficient (Wildman–Crippen LogP) is 1.44. The molecule has 0 radical (unpaired) electrons. The smallest absolute Gasteiger partial charge is 0.134 e. The van der Waals surface area contributed by atoms with Gasteiger partial charge in [0.05, 0.1) is 12.6 Å². The van der Waals surface area contributed by atoms with Crippen LogP contribution in [-0.4, -0.2) is 59.6 Å². The van der Waals surface area contributed by atoms with Gasteiger partial charge in [0, 0.05) is 32.3 Å². The second-order valence-corrected chi connectivity index (χ2v) is 6.50. The molecule has 1 N–H and O–H groups in total. The second-order valence-electron chi connectivity index (χ2n) is 6.50. The van der Waals surface area contributed by atoms with Gasteiger partial charge in [-0.05, 0) is 33.1 Å². The Morgan fingerprint density at radius 2 is 2.09 bits per heavy atom. The van der Waals surface area contributed by atoms with Crippen LogP contribution in [0.2, 0.25) is 0 Å². The Labute approximate surface area is 132 Å². The van der Waals surface area contributed by atoms with Crippen molar-refractivity contribution in [3.05, 3.63) is 12.4 Å². The summed E-state index contributed by atoms with van der Waals surface area (Å²) in [6.45, 7) is 7.78. The quantitative estimate of drug-likeness (QED) is 0.888. The van der Waals surface area contributed by atoms with Crippen LogP contribution in [0, 0.1) is 0 Å². The van der Waals surface area contributed by atoms with E-state index in [1.54, 1.807) is 6.33 Å². The summed E-state index contributed by atoms with van der Waals surface area (Å²) >= 11 is 0. The molecule has 0 saturated carbocycles. The first-order valence-corrected chi connectivity index (χ1v) is 8.23. The van der Waals surface area contributed by atoms with Crippen LogP contribution in [0.15, 0.2) is 12.4 Å². The largest absolute Gasteiger partial charge is 0.394 e. The van der Waals surface area contributed by atoms with Crippen LogP contribution in [0.25, 0.3) is 0 Å². The SMILES string of the molecule is CCOC1(C)CN(c2cc(N3CCCCC3CO)ncn2)C1. The number of hydrogen-bond donors (Lipinski definition) is 1. The van der Waals surface area contributed by atoms with Crippen molar-refractivity contribution in [2.75, 3.05) is 42.6 Å². The molecule has 2 aliphatic rings. The number of aliphatic hydroxyl groups excluding tert-OH is 1. The Balaban J connectivity index is 1.71. The summed E-state index contributed by atoms with van der Waals surface area (Å²) in [6.07, 6.45) is 4.99. The van der Waals surface area contributed by atoms with E-state index in [-0.39, 0.29) is 18.2 Å². The van der Waals surface area contributed by atoms with Gasteiger partial charge in [0.15, 0.2) is 0 Å². The lowest BCUT2D eigenvalue weighted by atomic mass is 9.96. The van der Waals surface area contributed by atoms with Gasteiger partial charge in [0.25, 0.3) is 0 Å². The van der Waals surface area contributed by atoms with Crippen molar-refractivity contribution in [3.8, 4) is 0 Å².